The molecule has 0 bridgehead atoms. The number of rotatable bonds is 4. The number of nitrogen functional groups attached to an aromatic ring is 1. The Hall–Kier alpha value is -1.75. The number of piperidine rings is 1. The van der Waals surface area contributed by atoms with E-state index >= 15 is 0 Å². The van der Waals surface area contributed by atoms with E-state index < -0.39 is 0 Å². The number of anilines is 2. The van der Waals surface area contributed by atoms with E-state index in [1.807, 2.05) is 12.1 Å². The van der Waals surface area contributed by atoms with Gasteiger partial charge in [0.1, 0.15) is 12.4 Å². The molecule has 1 aromatic carbocycles. The van der Waals surface area contributed by atoms with Crippen LogP contribution in [0.3, 0.4) is 0 Å². The van der Waals surface area contributed by atoms with E-state index in [1.165, 1.54) is 32.4 Å². The first-order valence-electron chi connectivity index (χ1n) is 7.80. The highest BCUT2D eigenvalue weighted by Gasteiger charge is 2.17. The predicted molar refractivity (Wildman–Crippen MR) is 83.6 cm³/mol. The third-order valence-electron chi connectivity index (χ3n) is 4.24. The number of nitrogens with two attached hydrogens (primary N) is 1. The average Bonchev–Trinajstić information content (AvgIpc) is 2.49. The topological polar surface area (TPSA) is 67.6 Å². The van der Waals surface area contributed by atoms with E-state index in [0.717, 1.165) is 24.2 Å². The van der Waals surface area contributed by atoms with Gasteiger partial charge < -0.3 is 15.8 Å². The first-order chi connectivity index (χ1) is 10.2. The van der Waals surface area contributed by atoms with Crippen molar-refractivity contribution in [2.45, 2.75) is 32.1 Å². The number of likely N-dealkylation sites (tertiary alicyclic amines) is 1. The van der Waals surface area contributed by atoms with Crippen LogP contribution in [0.2, 0.25) is 0 Å². The van der Waals surface area contributed by atoms with E-state index in [0.29, 0.717) is 24.5 Å². The first kappa shape index (κ1) is 14.2. The number of carbonyl (C=O) groups is 1. The summed E-state index contributed by atoms with van der Waals surface area (Å²) in [5.41, 5.74) is 8.64. The SMILES string of the molecule is Nc1cc2c(cc1OCCN1CCCCC1)NC(=O)CC2. The molecule has 1 saturated heterocycles. The molecule has 0 atom stereocenters. The Morgan fingerprint density at radius 1 is 1.19 bits per heavy atom. The summed E-state index contributed by atoms with van der Waals surface area (Å²) in [7, 11) is 0. The summed E-state index contributed by atoms with van der Waals surface area (Å²) in [6, 6.07) is 3.78. The molecule has 5 heteroatoms. The summed E-state index contributed by atoms with van der Waals surface area (Å²) in [5.74, 6) is 0.736. The number of hydrogen-bond acceptors (Lipinski definition) is 4. The van der Waals surface area contributed by atoms with E-state index in [1.54, 1.807) is 0 Å². The average molecular weight is 289 g/mol. The Labute approximate surface area is 125 Å². The van der Waals surface area contributed by atoms with Crippen LogP contribution in [0.15, 0.2) is 12.1 Å². The highest BCUT2D eigenvalue weighted by Crippen LogP contribution is 2.32. The van der Waals surface area contributed by atoms with Crippen LogP contribution in [0.25, 0.3) is 0 Å². The van der Waals surface area contributed by atoms with Crippen LogP contribution in [0.5, 0.6) is 5.75 Å². The molecule has 3 rings (SSSR count). The zero-order chi connectivity index (χ0) is 14.7. The molecule has 0 spiro atoms. The second-order valence-corrected chi connectivity index (χ2v) is 5.85. The number of carbonyl (C=O) groups excluding carboxylic acids is 1. The molecule has 1 aromatic rings. The van der Waals surface area contributed by atoms with Gasteiger partial charge in [0.2, 0.25) is 5.91 Å². The molecule has 3 N–H and O–H groups in total. The maximum atomic E-state index is 11.5. The van der Waals surface area contributed by atoms with Crippen LogP contribution in [0, 0.1) is 0 Å². The van der Waals surface area contributed by atoms with E-state index in [4.69, 9.17) is 10.5 Å². The van der Waals surface area contributed by atoms with Crippen molar-refractivity contribution in [3.05, 3.63) is 17.7 Å². The molecular weight excluding hydrogens is 266 g/mol. The van der Waals surface area contributed by atoms with Crippen LogP contribution >= 0.6 is 0 Å². The Kier molecular flexibility index (Phi) is 4.29. The molecule has 1 amide bonds. The lowest BCUT2D eigenvalue weighted by atomic mass is 10.0. The quantitative estimate of drug-likeness (QED) is 0.832. The summed E-state index contributed by atoms with van der Waals surface area (Å²) < 4.78 is 5.82. The Morgan fingerprint density at radius 3 is 2.81 bits per heavy atom. The Bertz CT molecular complexity index is 524. The molecule has 2 aliphatic heterocycles. The molecule has 0 aromatic heterocycles. The summed E-state index contributed by atoms with van der Waals surface area (Å²) in [6.45, 7) is 3.90. The predicted octanol–water partition coefficient (Wildman–Crippen LogP) is 2.02. The number of aryl methyl sites for hydroxylation is 1. The molecule has 21 heavy (non-hydrogen) atoms. The number of ether oxygens (including phenoxy) is 1. The van der Waals surface area contributed by atoms with Gasteiger partial charge in [0.25, 0.3) is 0 Å². The Balaban J connectivity index is 1.59. The molecule has 0 radical (unpaired) electrons. The standard InChI is InChI=1S/C16H23N3O2/c17-13-10-12-4-5-16(20)18-14(12)11-15(13)21-9-8-19-6-2-1-3-7-19/h10-11H,1-9,17H2,(H,18,20). The highest BCUT2D eigenvalue weighted by molar-refractivity contribution is 5.94. The van der Waals surface area contributed by atoms with Crippen LogP contribution < -0.4 is 15.8 Å². The third kappa shape index (κ3) is 3.47. The van der Waals surface area contributed by atoms with Gasteiger partial charge in [-0.05, 0) is 44.0 Å². The molecule has 0 unspecified atom stereocenters. The fraction of sp³-hybridized carbons (Fsp3) is 0.562. The van der Waals surface area contributed by atoms with Crippen molar-refractivity contribution in [2.75, 3.05) is 37.3 Å². The van der Waals surface area contributed by atoms with Gasteiger partial charge in [0.15, 0.2) is 0 Å². The zero-order valence-corrected chi connectivity index (χ0v) is 12.4. The lowest BCUT2D eigenvalue weighted by Gasteiger charge is -2.26. The fourth-order valence-electron chi connectivity index (χ4n) is 3.02. The summed E-state index contributed by atoms with van der Waals surface area (Å²) in [4.78, 5) is 13.9. The van der Waals surface area contributed by atoms with Gasteiger partial charge in [0, 0.05) is 24.7 Å². The largest absolute Gasteiger partial charge is 0.490 e. The number of fused-ring (bicyclic) bond motifs is 1. The van der Waals surface area contributed by atoms with Crippen LogP contribution in [0.1, 0.15) is 31.2 Å². The highest BCUT2D eigenvalue weighted by atomic mass is 16.5. The summed E-state index contributed by atoms with van der Waals surface area (Å²) in [5, 5.41) is 2.88. The summed E-state index contributed by atoms with van der Waals surface area (Å²) in [6.07, 6.45) is 5.19. The molecule has 2 heterocycles. The fourth-order valence-corrected chi connectivity index (χ4v) is 3.02. The third-order valence-corrected chi connectivity index (χ3v) is 4.24. The Morgan fingerprint density at radius 2 is 2.00 bits per heavy atom. The molecule has 5 nitrogen and oxygen atoms in total. The van der Waals surface area contributed by atoms with Gasteiger partial charge in [-0.15, -0.1) is 0 Å². The molecule has 0 aliphatic carbocycles. The lowest BCUT2D eigenvalue weighted by molar-refractivity contribution is -0.116. The van der Waals surface area contributed by atoms with Gasteiger partial charge in [-0.25, -0.2) is 0 Å². The number of nitrogens with one attached hydrogen (secondary N) is 1. The second kappa shape index (κ2) is 6.35. The number of hydrogen-bond donors (Lipinski definition) is 2. The van der Waals surface area contributed by atoms with Crippen molar-refractivity contribution in [2.24, 2.45) is 0 Å². The van der Waals surface area contributed by atoms with Gasteiger partial charge in [-0.3, -0.25) is 9.69 Å². The van der Waals surface area contributed by atoms with Gasteiger partial charge in [-0.1, -0.05) is 6.42 Å². The van der Waals surface area contributed by atoms with Crippen molar-refractivity contribution in [1.29, 1.82) is 0 Å². The monoisotopic (exact) mass is 289 g/mol. The minimum atomic E-state index is 0.0616. The van der Waals surface area contributed by atoms with Crippen molar-refractivity contribution >= 4 is 17.3 Å². The zero-order valence-electron chi connectivity index (χ0n) is 12.4. The van der Waals surface area contributed by atoms with Gasteiger partial charge in [-0.2, -0.15) is 0 Å². The van der Waals surface area contributed by atoms with Crippen LogP contribution in [-0.4, -0.2) is 37.0 Å². The second-order valence-electron chi connectivity index (χ2n) is 5.85. The van der Waals surface area contributed by atoms with Gasteiger partial charge >= 0.3 is 0 Å². The normalized spacial score (nSPS) is 19.0. The molecule has 0 saturated carbocycles. The van der Waals surface area contributed by atoms with E-state index in [-0.39, 0.29) is 5.91 Å². The molecule has 2 aliphatic rings. The molecule has 1 fully saturated rings. The number of amides is 1. The minimum absolute atomic E-state index is 0.0616. The molecular formula is C16H23N3O2. The summed E-state index contributed by atoms with van der Waals surface area (Å²) >= 11 is 0. The van der Waals surface area contributed by atoms with Crippen molar-refractivity contribution < 1.29 is 9.53 Å². The minimum Gasteiger partial charge on any atom is -0.490 e. The maximum Gasteiger partial charge on any atom is 0.224 e. The lowest BCUT2D eigenvalue weighted by Crippen LogP contribution is -2.33. The molecule has 114 valence electrons. The smallest absolute Gasteiger partial charge is 0.224 e. The van der Waals surface area contributed by atoms with Gasteiger partial charge in [0.05, 0.1) is 5.69 Å². The van der Waals surface area contributed by atoms with Crippen molar-refractivity contribution in [3.8, 4) is 5.75 Å². The van der Waals surface area contributed by atoms with Crippen LogP contribution in [0.4, 0.5) is 11.4 Å². The van der Waals surface area contributed by atoms with E-state index in [2.05, 4.69) is 10.2 Å². The van der Waals surface area contributed by atoms with E-state index in [9.17, 15) is 4.79 Å². The van der Waals surface area contributed by atoms with Crippen LogP contribution in [-0.2, 0) is 11.2 Å². The van der Waals surface area contributed by atoms with Crippen molar-refractivity contribution in [1.82, 2.24) is 4.90 Å². The number of nitrogens with zero attached hydrogens (tertiary/aromatic N) is 1. The number of benzene rings is 1. The first-order valence-corrected chi connectivity index (χ1v) is 7.80. The maximum absolute atomic E-state index is 11.5. The van der Waals surface area contributed by atoms with Crippen molar-refractivity contribution in [3.63, 3.8) is 0 Å².